The highest BCUT2D eigenvalue weighted by atomic mass is 35.5. The van der Waals surface area contributed by atoms with Crippen molar-refractivity contribution < 1.29 is 9.59 Å². The number of carbonyl (C=O) groups excluding carboxylic acids is 2. The molecule has 0 saturated carbocycles. The fourth-order valence-corrected chi connectivity index (χ4v) is 6.11. The predicted octanol–water partition coefficient (Wildman–Crippen LogP) is 7.48. The first kappa shape index (κ1) is 26.2. The van der Waals surface area contributed by atoms with Gasteiger partial charge in [-0.05, 0) is 77.7 Å². The third-order valence-electron chi connectivity index (χ3n) is 7.40. The molecule has 0 radical (unpaired) electrons. The minimum atomic E-state index is -0.186. The van der Waals surface area contributed by atoms with Crippen LogP contribution in [0.5, 0.6) is 0 Å². The van der Waals surface area contributed by atoms with Crippen LogP contribution >= 0.6 is 22.9 Å². The molecule has 1 aliphatic heterocycles. The summed E-state index contributed by atoms with van der Waals surface area (Å²) in [6, 6.07) is 27.3. The Morgan fingerprint density at radius 3 is 2.34 bits per heavy atom. The molecule has 194 valence electrons. The summed E-state index contributed by atoms with van der Waals surface area (Å²) in [4.78, 5) is 32.6. The van der Waals surface area contributed by atoms with Gasteiger partial charge in [-0.25, -0.2) is 0 Å². The SMILES string of the molecule is CCC(C)N(CC(=O)N1CCc2sccc2C1c1ccc(Cl)cc1)C(=O)c1ccc(-c2ccccc2)cc1. The predicted molar refractivity (Wildman–Crippen MR) is 156 cm³/mol. The summed E-state index contributed by atoms with van der Waals surface area (Å²) < 4.78 is 0. The molecule has 3 aromatic carbocycles. The highest BCUT2D eigenvalue weighted by molar-refractivity contribution is 7.10. The van der Waals surface area contributed by atoms with Gasteiger partial charge in [-0.2, -0.15) is 0 Å². The molecule has 1 aromatic heterocycles. The number of nitrogens with zero attached hydrogens (tertiary/aromatic N) is 2. The van der Waals surface area contributed by atoms with Gasteiger partial charge in [0.2, 0.25) is 5.91 Å². The van der Waals surface area contributed by atoms with Crippen LogP contribution in [0.25, 0.3) is 11.1 Å². The van der Waals surface area contributed by atoms with E-state index < -0.39 is 0 Å². The van der Waals surface area contributed by atoms with Crippen molar-refractivity contribution in [3.63, 3.8) is 0 Å². The summed E-state index contributed by atoms with van der Waals surface area (Å²) in [6.45, 7) is 4.71. The summed E-state index contributed by atoms with van der Waals surface area (Å²) in [5.74, 6) is -0.167. The summed E-state index contributed by atoms with van der Waals surface area (Å²) in [5, 5.41) is 2.76. The molecule has 4 nitrogen and oxygen atoms in total. The number of halogens is 1. The Morgan fingerprint density at radius 2 is 1.66 bits per heavy atom. The van der Waals surface area contributed by atoms with Gasteiger partial charge in [0.25, 0.3) is 5.91 Å². The van der Waals surface area contributed by atoms with Crippen LogP contribution < -0.4 is 0 Å². The van der Waals surface area contributed by atoms with Crippen molar-refractivity contribution in [1.29, 1.82) is 0 Å². The number of hydrogen-bond acceptors (Lipinski definition) is 3. The van der Waals surface area contributed by atoms with Crippen LogP contribution in [0.3, 0.4) is 0 Å². The second-order valence-corrected chi connectivity index (χ2v) is 11.2. The average molecular weight is 543 g/mol. The molecule has 0 N–H and O–H groups in total. The molecular formula is C32H31ClN2O2S. The maximum Gasteiger partial charge on any atom is 0.254 e. The van der Waals surface area contributed by atoms with Crippen LogP contribution in [-0.4, -0.2) is 40.7 Å². The Kier molecular flexibility index (Phi) is 7.96. The highest BCUT2D eigenvalue weighted by Crippen LogP contribution is 2.38. The second kappa shape index (κ2) is 11.5. The zero-order valence-electron chi connectivity index (χ0n) is 21.6. The normalized spacial score (nSPS) is 15.6. The van der Waals surface area contributed by atoms with E-state index in [0.717, 1.165) is 35.1 Å². The molecule has 0 spiro atoms. The van der Waals surface area contributed by atoms with Crippen LogP contribution in [0.2, 0.25) is 5.02 Å². The summed E-state index contributed by atoms with van der Waals surface area (Å²) in [5.41, 5.74) is 4.94. The number of rotatable bonds is 7. The first-order valence-electron chi connectivity index (χ1n) is 13.0. The zero-order valence-corrected chi connectivity index (χ0v) is 23.2. The molecule has 0 bridgehead atoms. The Bertz CT molecular complexity index is 1400. The number of fused-ring (bicyclic) bond motifs is 1. The molecule has 2 heterocycles. The highest BCUT2D eigenvalue weighted by Gasteiger charge is 2.34. The smallest absolute Gasteiger partial charge is 0.254 e. The van der Waals surface area contributed by atoms with E-state index in [1.165, 1.54) is 4.88 Å². The van der Waals surface area contributed by atoms with Crippen LogP contribution in [0.4, 0.5) is 0 Å². The van der Waals surface area contributed by atoms with Gasteiger partial charge in [-0.1, -0.05) is 73.1 Å². The largest absolute Gasteiger partial charge is 0.330 e. The molecule has 2 amide bonds. The van der Waals surface area contributed by atoms with E-state index in [1.54, 1.807) is 16.2 Å². The molecule has 6 heteroatoms. The van der Waals surface area contributed by atoms with Crippen LogP contribution in [0.15, 0.2) is 90.3 Å². The van der Waals surface area contributed by atoms with Gasteiger partial charge in [0.05, 0.1) is 6.04 Å². The lowest BCUT2D eigenvalue weighted by Gasteiger charge is -2.38. The molecular weight excluding hydrogens is 512 g/mol. The van der Waals surface area contributed by atoms with E-state index in [9.17, 15) is 9.59 Å². The lowest BCUT2D eigenvalue weighted by Crippen LogP contribution is -2.49. The third kappa shape index (κ3) is 5.40. The fraction of sp³-hybridized carbons (Fsp3) is 0.250. The maximum atomic E-state index is 13.9. The van der Waals surface area contributed by atoms with Gasteiger partial charge >= 0.3 is 0 Å². The second-order valence-electron chi connectivity index (χ2n) is 9.72. The van der Waals surface area contributed by atoms with Crippen LogP contribution in [0, 0.1) is 0 Å². The lowest BCUT2D eigenvalue weighted by molar-refractivity contribution is -0.134. The van der Waals surface area contributed by atoms with Gasteiger partial charge in [0.1, 0.15) is 6.54 Å². The minimum Gasteiger partial charge on any atom is -0.330 e. The molecule has 38 heavy (non-hydrogen) atoms. The molecule has 0 aliphatic carbocycles. The molecule has 4 aromatic rings. The van der Waals surface area contributed by atoms with Gasteiger partial charge in [-0.3, -0.25) is 9.59 Å². The summed E-state index contributed by atoms with van der Waals surface area (Å²) in [7, 11) is 0. The first-order valence-corrected chi connectivity index (χ1v) is 14.3. The minimum absolute atomic E-state index is 0.0395. The number of carbonyl (C=O) groups is 2. The Balaban J connectivity index is 1.40. The van der Waals surface area contributed by atoms with Crippen molar-refractivity contribution in [3.05, 3.63) is 117 Å². The Hall–Kier alpha value is -3.41. The Labute approximate surface area is 233 Å². The standard InChI is InChI=1S/C32H31ClN2O2S/c1-3-22(2)35(32(37)26-11-9-24(10-12-26)23-7-5-4-6-8-23)21-30(36)34-19-17-29-28(18-20-38-29)31(34)25-13-15-27(33)16-14-25/h4-16,18,20,22,31H,3,17,19,21H2,1-2H3. The van der Waals surface area contributed by atoms with E-state index in [-0.39, 0.29) is 30.4 Å². The number of hydrogen-bond donors (Lipinski definition) is 0. The molecule has 5 rings (SSSR count). The van der Waals surface area contributed by atoms with Crippen molar-refractivity contribution in [2.45, 2.75) is 38.8 Å². The van der Waals surface area contributed by atoms with Crippen LogP contribution in [-0.2, 0) is 11.2 Å². The van der Waals surface area contributed by atoms with Gasteiger partial charge in [-0.15, -0.1) is 11.3 Å². The van der Waals surface area contributed by atoms with E-state index >= 15 is 0 Å². The van der Waals surface area contributed by atoms with E-state index in [1.807, 2.05) is 85.5 Å². The van der Waals surface area contributed by atoms with E-state index in [4.69, 9.17) is 11.6 Å². The third-order valence-corrected chi connectivity index (χ3v) is 8.65. The van der Waals surface area contributed by atoms with Crippen molar-refractivity contribution in [2.75, 3.05) is 13.1 Å². The number of benzene rings is 3. The van der Waals surface area contributed by atoms with E-state index in [0.29, 0.717) is 17.1 Å². The van der Waals surface area contributed by atoms with Crippen molar-refractivity contribution in [2.24, 2.45) is 0 Å². The number of amides is 2. The first-order chi connectivity index (χ1) is 18.5. The van der Waals surface area contributed by atoms with Crippen molar-refractivity contribution >= 4 is 34.8 Å². The van der Waals surface area contributed by atoms with Crippen molar-refractivity contribution in [3.8, 4) is 11.1 Å². The van der Waals surface area contributed by atoms with Gasteiger partial charge < -0.3 is 9.80 Å². The monoisotopic (exact) mass is 542 g/mol. The quantitative estimate of drug-likeness (QED) is 0.243. The topological polar surface area (TPSA) is 40.6 Å². The lowest BCUT2D eigenvalue weighted by atomic mass is 9.93. The Morgan fingerprint density at radius 1 is 0.974 bits per heavy atom. The summed E-state index contributed by atoms with van der Waals surface area (Å²) >= 11 is 7.90. The summed E-state index contributed by atoms with van der Waals surface area (Å²) in [6.07, 6.45) is 1.58. The van der Waals surface area contributed by atoms with Gasteiger partial charge in [0.15, 0.2) is 0 Å². The fourth-order valence-electron chi connectivity index (χ4n) is 5.08. The molecule has 2 atom stereocenters. The molecule has 0 fully saturated rings. The average Bonchev–Trinajstić information content (AvgIpc) is 3.45. The van der Waals surface area contributed by atoms with Gasteiger partial charge in [0, 0.05) is 28.0 Å². The molecule has 2 unspecified atom stereocenters. The van der Waals surface area contributed by atoms with E-state index in [2.05, 4.69) is 23.6 Å². The number of thiophene rings is 1. The zero-order chi connectivity index (χ0) is 26.6. The van der Waals surface area contributed by atoms with Crippen LogP contribution in [0.1, 0.15) is 52.7 Å². The molecule has 0 saturated heterocycles. The molecule has 1 aliphatic rings. The maximum absolute atomic E-state index is 13.9. The van der Waals surface area contributed by atoms with Crippen molar-refractivity contribution in [1.82, 2.24) is 9.80 Å².